The zero-order valence-corrected chi connectivity index (χ0v) is 13.7. The number of benzene rings is 2. The second-order valence-corrected chi connectivity index (χ2v) is 4.98. The number of nitrogens with zero attached hydrogens (tertiary/aromatic N) is 2. The Morgan fingerprint density at radius 2 is 1.38 bits per heavy atom. The smallest absolute Gasteiger partial charge is 0.232 e. The predicted molar refractivity (Wildman–Crippen MR) is 98.4 cm³/mol. The quantitative estimate of drug-likeness (QED) is 0.554. The highest BCUT2D eigenvalue weighted by atomic mass is 16.3. The maximum atomic E-state index is 6.07. The fourth-order valence-corrected chi connectivity index (χ4v) is 2.63. The summed E-state index contributed by atoms with van der Waals surface area (Å²) in [6, 6.07) is 20.0. The van der Waals surface area contributed by atoms with Crippen molar-refractivity contribution in [3.05, 3.63) is 67.0 Å². The van der Waals surface area contributed by atoms with Gasteiger partial charge in [0, 0.05) is 11.1 Å². The van der Waals surface area contributed by atoms with Gasteiger partial charge >= 0.3 is 0 Å². The Morgan fingerprint density at radius 3 is 2.00 bits per heavy atom. The van der Waals surface area contributed by atoms with Crippen LogP contribution in [0.5, 0.6) is 0 Å². The Hall–Kier alpha value is -3.14. The van der Waals surface area contributed by atoms with Gasteiger partial charge in [0.2, 0.25) is 5.71 Å². The molecule has 0 aliphatic carbocycles. The van der Waals surface area contributed by atoms with Gasteiger partial charge in [0.1, 0.15) is 17.9 Å². The monoisotopic (exact) mass is 317 g/mol. The highest BCUT2D eigenvalue weighted by Gasteiger charge is 2.20. The van der Waals surface area contributed by atoms with Crippen LogP contribution in [0.4, 0.5) is 5.82 Å². The van der Waals surface area contributed by atoms with Crippen LogP contribution in [0.2, 0.25) is 0 Å². The molecular weight excluding hydrogens is 298 g/mol. The molecule has 0 saturated heterocycles. The third-order valence-electron chi connectivity index (χ3n) is 3.62. The molecule has 2 heterocycles. The maximum absolute atomic E-state index is 6.07. The van der Waals surface area contributed by atoms with Gasteiger partial charge < -0.3 is 10.2 Å². The molecule has 2 aromatic heterocycles. The number of anilines is 1. The second-order valence-electron chi connectivity index (χ2n) is 4.98. The number of furan rings is 1. The minimum atomic E-state index is 0.426. The SMILES string of the molecule is CC.Nc1ncnc2oc(-c3ccccc3)c(-c3ccccc3)c12. The number of nitrogens with two attached hydrogens (primary N) is 1. The van der Waals surface area contributed by atoms with Crippen molar-refractivity contribution in [2.45, 2.75) is 13.8 Å². The van der Waals surface area contributed by atoms with Gasteiger partial charge in [-0.3, -0.25) is 0 Å². The van der Waals surface area contributed by atoms with Crippen LogP contribution in [-0.2, 0) is 0 Å². The third kappa shape index (κ3) is 2.74. The van der Waals surface area contributed by atoms with Crippen LogP contribution in [0.1, 0.15) is 13.8 Å². The summed E-state index contributed by atoms with van der Waals surface area (Å²) in [7, 11) is 0. The Kier molecular flexibility index (Phi) is 4.57. The fourth-order valence-electron chi connectivity index (χ4n) is 2.63. The van der Waals surface area contributed by atoms with Crippen molar-refractivity contribution in [1.82, 2.24) is 9.97 Å². The van der Waals surface area contributed by atoms with Crippen molar-refractivity contribution in [2.24, 2.45) is 0 Å². The van der Waals surface area contributed by atoms with E-state index in [1.165, 1.54) is 6.33 Å². The van der Waals surface area contributed by atoms with Crippen molar-refractivity contribution < 1.29 is 4.42 Å². The first kappa shape index (κ1) is 15.7. The van der Waals surface area contributed by atoms with E-state index >= 15 is 0 Å². The average molecular weight is 317 g/mol. The van der Waals surface area contributed by atoms with Gasteiger partial charge in [0.15, 0.2) is 0 Å². The van der Waals surface area contributed by atoms with Crippen LogP contribution in [-0.4, -0.2) is 9.97 Å². The van der Waals surface area contributed by atoms with Gasteiger partial charge in [-0.2, -0.15) is 0 Å². The largest absolute Gasteiger partial charge is 0.437 e. The van der Waals surface area contributed by atoms with Crippen LogP contribution in [0.25, 0.3) is 33.6 Å². The first-order valence-electron chi connectivity index (χ1n) is 7.98. The molecular formula is C20H19N3O. The topological polar surface area (TPSA) is 64.9 Å². The Morgan fingerprint density at radius 1 is 0.792 bits per heavy atom. The van der Waals surface area contributed by atoms with E-state index in [9.17, 15) is 0 Å². The lowest BCUT2D eigenvalue weighted by molar-refractivity contribution is 0.618. The molecule has 24 heavy (non-hydrogen) atoms. The zero-order chi connectivity index (χ0) is 16.9. The number of fused-ring (bicyclic) bond motifs is 1. The van der Waals surface area contributed by atoms with E-state index in [-0.39, 0.29) is 0 Å². The van der Waals surface area contributed by atoms with Crippen LogP contribution >= 0.6 is 0 Å². The summed E-state index contributed by atoms with van der Waals surface area (Å²) in [6.45, 7) is 4.00. The highest BCUT2D eigenvalue weighted by molar-refractivity contribution is 6.05. The minimum Gasteiger partial charge on any atom is -0.437 e. The van der Waals surface area contributed by atoms with E-state index in [4.69, 9.17) is 10.2 Å². The molecule has 2 aromatic carbocycles. The van der Waals surface area contributed by atoms with Gasteiger partial charge in [-0.25, -0.2) is 9.97 Å². The summed E-state index contributed by atoms with van der Waals surface area (Å²) in [4.78, 5) is 8.32. The van der Waals surface area contributed by atoms with Gasteiger partial charge in [-0.05, 0) is 5.56 Å². The van der Waals surface area contributed by atoms with Crippen molar-refractivity contribution in [3.8, 4) is 22.5 Å². The van der Waals surface area contributed by atoms with Crippen LogP contribution in [0.15, 0.2) is 71.4 Å². The Bertz CT molecular complexity index is 931. The lowest BCUT2D eigenvalue weighted by atomic mass is 9.99. The molecule has 0 saturated carbocycles. The molecule has 0 amide bonds. The van der Waals surface area contributed by atoms with Crippen LogP contribution in [0.3, 0.4) is 0 Å². The Labute approximate surface area is 141 Å². The van der Waals surface area contributed by atoms with E-state index in [0.717, 1.165) is 27.8 Å². The average Bonchev–Trinajstić information content (AvgIpc) is 3.06. The first-order chi connectivity index (χ1) is 11.8. The number of nitrogen functional groups attached to an aromatic ring is 1. The van der Waals surface area contributed by atoms with Crippen molar-refractivity contribution in [3.63, 3.8) is 0 Å². The fraction of sp³-hybridized carbons (Fsp3) is 0.100. The molecule has 4 heteroatoms. The van der Waals surface area contributed by atoms with Gasteiger partial charge in [-0.15, -0.1) is 0 Å². The molecule has 4 rings (SSSR count). The minimum absolute atomic E-state index is 0.426. The van der Waals surface area contributed by atoms with Crippen molar-refractivity contribution in [1.29, 1.82) is 0 Å². The number of hydrogen-bond donors (Lipinski definition) is 1. The molecule has 0 bridgehead atoms. The lowest BCUT2D eigenvalue weighted by Gasteiger charge is -2.04. The maximum Gasteiger partial charge on any atom is 0.232 e. The Balaban J connectivity index is 0.000000815. The molecule has 0 radical (unpaired) electrons. The third-order valence-corrected chi connectivity index (χ3v) is 3.62. The first-order valence-corrected chi connectivity index (χ1v) is 7.98. The molecule has 120 valence electrons. The normalized spacial score (nSPS) is 10.2. The molecule has 2 N–H and O–H groups in total. The van der Waals surface area contributed by atoms with E-state index in [1.54, 1.807) is 0 Å². The molecule has 4 aromatic rings. The summed E-state index contributed by atoms with van der Waals surface area (Å²) in [6.07, 6.45) is 1.42. The summed E-state index contributed by atoms with van der Waals surface area (Å²) < 4.78 is 5.99. The van der Waals surface area contributed by atoms with Gasteiger partial charge in [-0.1, -0.05) is 74.5 Å². The van der Waals surface area contributed by atoms with Gasteiger partial charge in [0.05, 0.1) is 5.39 Å². The van der Waals surface area contributed by atoms with E-state index in [1.807, 2.05) is 74.5 Å². The second kappa shape index (κ2) is 6.96. The summed E-state index contributed by atoms with van der Waals surface area (Å²) in [5, 5.41) is 0.757. The summed E-state index contributed by atoms with van der Waals surface area (Å²) >= 11 is 0. The number of hydrogen-bond acceptors (Lipinski definition) is 4. The molecule has 0 aliphatic heterocycles. The van der Waals surface area contributed by atoms with Gasteiger partial charge in [0.25, 0.3) is 0 Å². The predicted octanol–water partition coefficient (Wildman–Crippen LogP) is 5.17. The van der Waals surface area contributed by atoms with E-state index in [2.05, 4.69) is 9.97 Å². The molecule has 0 fully saturated rings. The molecule has 0 aliphatic rings. The number of rotatable bonds is 2. The summed E-state index contributed by atoms with van der Waals surface area (Å²) in [5.74, 6) is 1.18. The summed E-state index contributed by atoms with van der Waals surface area (Å²) in [5.41, 5.74) is 9.52. The van der Waals surface area contributed by atoms with E-state index in [0.29, 0.717) is 11.5 Å². The molecule has 0 atom stereocenters. The van der Waals surface area contributed by atoms with Crippen LogP contribution < -0.4 is 5.73 Å². The molecule has 4 nitrogen and oxygen atoms in total. The molecule has 0 unspecified atom stereocenters. The number of aromatic nitrogens is 2. The zero-order valence-electron chi connectivity index (χ0n) is 13.7. The molecule has 0 spiro atoms. The van der Waals surface area contributed by atoms with Crippen molar-refractivity contribution in [2.75, 3.05) is 5.73 Å². The highest BCUT2D eigenvalue weighted by Crippen LogP contribution is 2.41. The standard InChI is InChI=1S/C18H13N3O.C2H6/c19-17-15-14(12-7-3-1-4-8-12)16(13-9-5-2-6-10-13)22-18(15)21-11-20-17;1-2/h1-11H,(H2,19,20,21);1-2H3. The van der Waals surface area contributed by atoms with E-state index < -0.39 is 0 Å². The van der Waals surface area contributed by atoms with Crippen LogP contribution in [0, 0.1) is 0 Å². The lowest BCUT2D eigenvalue weighted by Crippen LogP contribution is -1.92. The van der Waals surface area contributed by atoms with Crippen molar-refractivity contribution >= 4 is 16.9 Å².